The highest BCUT2D eigenvalue weighted by Gasteiger charge is 2.25. The van der Waals surface area contributed by atoms with Gasteiger partial charge < -0.3 is 15.1 Å². The van der Waals surface area contributed by atoms with Crippen LogP contribution in [0, 0.1) is 29.5 Å². The third-order valence-electron chi connectivity index (χ3n) is 6.66. The van der Waals surface area contributed by atoms with Crippen LogP contribution in [-0.4, -0.2) is 58.7 Å². The number of fused-ring (bicyclic) bond motifs is 1. The van der Waals surface area contributed by atoms with Crippen LogP contribution in [0.4, 0.5) is 15.9 Å². The molecule has 1 aliphatic rings. The van der Waals surface area contributed by atoms with Crippen molar-refractivity contribution in [3.8, 4) is 18.4 Å². The smallest absolute Gasteiger partial charge is 0.272 e. The van der Waals surface area contributed by atoms with Gasteiger partial charge in [-0.3, -0.25) is 9.59 Å². The van der Waals surface area contributed by atoms with E-state index in [4.69, 9.17) is 11.7 Å². The number of terminal acetylenes is 1. The zero-order valence-electron chi connectivity index (χ0n) is 20.9. The molecule has 3 heterocycles. The summed E-state index contributed by atoms with van der Waals surface area (Å²) in [5, 5.41) is 19.9. The second kappa shape index (κ2) is 11.0. The Morgan fingerprint density at radius 2 is 1.92 bits per heavy atom. The molecule has 2 N–H and O–H groups in total. The fourth-order valence-electron chi connectivity index (χ4n) is 4.61. The van der Waals surface area contributed by atoms with Crippen LogP contribution in [0.15, 0.2) is 59.5 Å². The van der Waals surface area contributed by atoms with Crippen molar-refractivity contribution < 1.29 is 9.18 Å². The van der Waals surface area contributed by atoms with Gasteiger partial charge in [-0.15, -0.1) is 6.42 Å². The minimum absolute atomic E-state index is 0.0115. The standard InChI is InChI=1S/C29H24FN7O2/c1-2-9-32-21-5-6-22-23(16-21)26(34-35-28(22)38)15-19-3-7-25(30)24(14-19)29(39)37-12-10-36(11-13-37)27-8-4-20(17-31)18-33-27/h1,3-8,14,16,18,32H,9-13,15H2,(H,35,38). The first-order valence-electron chi connectivity index (χ1n) is 12.3. The molecular formula is C29H24FN7O2. The molecule has 5 rings (SSSR count). The van der Waals surface area contributed by atoms with Gasteiger partial charge in [0, 0.05) is 49.9 Å². The molecule has 2 aromatic carbocycles. The summed E-state index contributed by atoms with van der Waals surface area (Å²) >= 11 is 0. The number of halogens is 1. The van der Waals surface area contributed by atoms with Crippen LogP contribution in [0.5, 0.6) is 0 Å². The van der Waals surface area contributed by atoms with Gasteiger partial charge in [0.05, 0.1) is 28.8 Å². The number of nitrogens with one attached hydrogen (secondary N) is 2. The lowest BCUT2D eigenvalue weighted by molar-refractivity contribution is 0.0741. The Kier molecular flexibility index (Phi) is 7.19. The Labute approximate surface area is 223 Å². The number of amides is 1. The van der Waals surface area contributed by atoms with E-state index in [1.165, 1.54) is 12.3 Å². The topological polar surface area (TPSA) is 118 Å². The lowest BCUT2D eigenvalue weighted by atomic mass is 10.0. The summed E-state index contributed by atoms with van der Waals surface area (Å²) < 4.78 is 14.8. The number of piperazine rings is 1. The van der Waals surface area contributed by atoms with Crippen LogP contribution >= 0.6 is 0 Å². The number of nitrogens with zero attached hydrogens (tertiary/aromatic N) is 5. The molecular weight excluding hydrogens is 497 g/mol. The van der Waals surface area contributed by atoms with E-state index in [1.54, 1.807) is 41.3 Å². The number of hydrogen-bond donors (Lipinski definition) is 2. The number of hydrogen-bond acceptors (Lipinski definition) is 7. The highest BCUT2D eigenvalue weighted by molar-refractivity contribution is 5.95. The monoisotopic (exact) mass is 521 g/mol. The molecule has 0 spiro atoms. The van der Waals surface area contributed by atoms with Crippen molar-refractivity contribution in [3.05, 3.63) is 93.3 Å². The third kappa shape index (κ3) is 5.41. The number of carbonyl (C=O) groups excluding carboxylic acids is 1. The van der Waals surface area contributed by atoms with Gasteiger partial charge in [-0.2, -0.15) is 10.4 Å². The number of benzene rings is 2. The number of H-pyrrole nitrogens is 1. The Hall–Kier alpha value is -5.22. The molecule has 1 fully saturated rings. The van der Waals surface area contributed by atoms with E-state index in [0.29, 0.717) is 60.3 Å². The SMILES string of the molecule is C#CCNc1ccc2c(=O)[nH]nc(Cc3ccc(F)c(C(=O)N4CCN(c5ccc(C#N)cn5)CC4)c3)c2c1. The lowest BCUT2D eigenvalue weighted by Crippen LogP contribution is -2.49. The van der Waals surface area contributed by atoms with Crippen LogP contribution < -0.4 is 15.8 Å². The number of carbonyl (C=O) groups is 1. The molecule has 0 bridgehead atoms. The van der Waals surface area contributed by atoms with Gasteiger partial charge in [0.2, 0.25) is 0 Å². The van der Waals surface area contributed by atoms with Crippen molar-refractivity contribution in [3.63, 3.8) is 0 Å². The van der Waals surface area contributed by atoms with Gasteiger partial charge in [-0.05, 0) is 48.0 Å². The van der Waals surface area contributed by atoms with E-state index >= 15 is 0 Å². The first-order chi connectivity index (χ1) is 19.0. The van der Waals surface area contributed by atoms with Gasteiger partial charge in [0.15, 0.2) is 0 Å². The highest BCUT2D eigenvalue weighted by Crippen LogP contribution is 2.23. The average Bonchev–Trinajstić information content (AvgIpc) is 2.98. The number of aromatic nitrogens is 3. The molecule has 1 saturated heterocycles. The van der Waals surface area contributed by atoms with E-state index in [2.05, 4.69) is 26.4 Å². The van der Waals surface area contributed by atoms with Gasteiger partial charge >= 0.3 is 0 Å². The Morgan fingerprint density at radius 3 is 2.64 bits per heavy atom. The molecule has 194 valence electrons. The summed E-state index contributed by atoms with van der Waals surface area (Å²) in [7, 11) is 0. The minimum Gasteiger partial charge on any atom is -0.374 e. The van der Waals surface area contributed by atoms with Gasteiger partial charge in [-0.1, -0.05) is 12.0 Å². The van der Waals surface area contributed by atoms with Crippen LogP contribution in [0.2, 0.25) is 0 Å². The van der Waals surface area contributed by atoms with Crippen molar-refractivity contribution >= 4 is 28.2 Å². The highest BCUT2D eigenvalue weighted by atomic mass is 19.1. The van der Waals surface area contributed by atoms with E-state index < -0.39 is 5.82 Å². The minimum atomic E-state index is -0.597. The second-order valence-corrected chi connectivity index (χ2v) is 9.10. The number of aromatic amines is 1. The molecule has 4 aromatic rings. The molecule has 2 aromatic heterocycles. The quantitative estimate of drug-likeness (QED) is 0.375. The number of nitriles is 1. The Balaban J connectivity index is 1.34. The second-order valence-electron chi connectivity index (χ2n) is 9.10. The molecule has 0 radical (unpaired) electrons. The van der Waals surface area contributed by atoms with E-state index in [9.17, 15) is 14.0 Å². The molecule has 1 amide bonds. The molecule has 9 nitrogen and oxygen atoms in total. The van der Waals surface area contributed by atoms with Crippen LogP contribution in [-0.2, 0) is 6.42 Å². The summed E-state index contributed by atoms with van der Waals surface area (Å²) in [6.45, 7) is 2.22. The summed E-state index contributed by atoms with van der Waals surface area (Å²) in [6.07, 6.45) is 7.14. The Bertz CT molecular complexity index is 1680. The molecule has 0 aliphatic carbocycles. The van der Waals surface area contributed by atoms with E-state index in [0.717, 1.165) is 11.5 Å². The van der Waals surface area contributed by atoms with E-state index in [1.807, 2.05) is 17.0 Å². The van der Waals surface area contributed by atoms with Crippen molar-refractivity contribution in [2.24, 2.45) is 0 Å². The third-order valence-corrected chi connectivity index (χ3v) is 6.66. The van der Waals surface area contributed by atoms with Crippen molar-refractivity contribution in [2.75, 3.05) is 42.9 Å². The lowest BCUT2D eigenvalue weighted by Gasteiger charge is -2.35. The predicted octanol–water partition coefficient (Wildman–Crippen LogP) is 2.93. The number of pyridine rings is 1. The zero-order valence-corrected chi connectivity index (χ0v) is 20.9. The number of anilines is 2. The van der Waals surface area contributed by atoms with Gasteiger partial charge in [0.25, 0.3) is 11.5 Å². The maximum atomic E-state index is 14.8. The maximum Gasteiger partial charge on any atom is 0.272 e. The van der Waals surface area contributed by atoms with Crippen LogP contribution in [0.1, 0.15) is 27.2 Å². The van der Waals surface area contributed by atoms with Crippen molar-refractivity contribution in [1.29, 1.82) is 5.26 Å². The zero-order chi connectivity index (χ0) is 27.4. The summed E-state index contributed by atoms with van der Waals surface area (Å²) in [5.41, 5.74) is 2.17. The predicted molar refractivity (Wildman–Crippen MR) is 146 cm³/mol. The average molecular weight is 522 g/mol. The Morgan fingerprint density at radius 1 is 1.10 bits per heavy atom. The van der Waals surface area contributed by atoms with Crippen molar-refractivity contribution in [2.45, 2.75) is 6.42 Å². The maximum absolute atomic E-state index is 14.8. The van der Waals surface area contributed by atoms with Gasteiger partial charge in [-0.25, -0.2) is 14.5 Å². The summed E-state index contributed by atoms with van der Waals surface area (Å²) in [6, 6.07) is 15.2. The van der Waals surface area contributed by atoms with Crippen LogP contribution in [0.25, 0.3) is 10.8 Å². The van der Waals surface area contributed by atoms with Crippen LogP contribution in [0.3, 0.4) is 0 Å². The molecule has 10 heteroatoms. The van der Waals surface area contributed by atoms with E-state index in [-0.39, 0.29) is 23.5 Å². The first-order valence-corrected chi connectivity index (χ1v) is 12.3. The molecule has 0 unspecified atom stereocenters. The number of rotatable bonds is 6. The first kappa shape index (κ1) is 25.4. The largest absolute Gasteiger partial charge is 0.374 e. The summed E-state index contributed by atoms with van der Waals surface area (Å²) in [4.78, 5) is 33.6. The molecule has 0 saturated carbocycles. The molecule has 0 atom stereocenters. The normalized spacial score (nSPS) is 13.1. The molecule has 39 heavy (non-hydrogen) atoms. The van der Waals surface area contributed by atoms with Gasteiger partial charge in [0.1, 0.15) is 17.7 Å². The van der Waals surface area contributed by atoms with Crippen molar-refractivity contribution in [1.82, 2.24) is 20.1 Å². The fourth-order valence-corrected chi connectivity index (χ4v) is 4.61. The molecule has 1 aliphatic heterocycles. The fraction of sp³-hybridized carbons (Fsp3) is 0.207. The summed E-state index contributed by atoms with van der Waals surface area (Å²) in [5.74, 6) is 2.26.